The Balaban J connectivity index is 1.50. The van der Waals surface area contributed by atoms with E-state index in [1.54, 1.807) is 32.6 Å². The molecule has 2 aliphatic heterocycles. The van der Waals surface area contributed by atoms with Crippen molar-refractivity contribution in [3.8, 4) is 0 Å². The smallest absolute Gasteiger partial charge is 0.410 e. The zero-order valence-corrected chi connectivity index (χ0v) is 34.1. The summed E-state index contributed by atoms with van der Waals surface area (Å²) in [4.78, 5) is 109. The number of hydrogen-bond acceptors (Lipinski definition) is 10. The molecule has 2 unspecified atom stereocenters. The van der Waals surface area contributed by atoms with Gasteiger partial charge in [0.1, 0.15) is 24.2 Å². The van der Waals surface area contributed by atoms with Crippen molar-refractivity contribution in [2.45, 2.75) is 142 Å². The van der Waals surface area contributed by atoms with Crippen molar-refractivity contribution >= 4 is 47.4 Å². The van der Waals surface area contributed by atoms with Crippen molar-refractivity contribution in [2.24, 2.45) is 11.8 Å². The molecular weight excluding hydrogens is 736 g/mol. The van der Waals surface area contributed by atoms with Gasteiger partial charge < -0.3 is 40.5 Å². The first-order chi connectivity index (χ1) is 27.1. The van der Waals surface area contributed by atoms with Crippen LogP contribution in [0.25, 0.3) is 0 Å². The highest BCUT2D eigenvalue weighted by atomic mass is 16.6. The third-order valence-corrected chi connectivity index (χ3v) is 10.6. The van der Waals surface area contributed by atoms with Crippen molar-refractivity contribution in [3.05, 3.63) is 35.4 Å². The number of ketones is 1. The molecule has 4 N–H and O–H groups in total. The number of nitrogens with one attached hydrogen (secondary N) is 4. The summed E-state index contributed by atoms with van der Waals surface area (Å²) < 4.78 is 10.6. The Morgan fingerprint density at radius 1 is 0.860 bits per heavy atom. The van der Waals surface area contributed by atoms with E-state index < -0.39 is 71.7 Å². The van der Waals surface area contributed by atoms with Gasteiger partial charge in [0.15, 0.2) is 0 Å². The lowest BCUT2D eigenvalue weighted by atomic mass is 9.98. The molecule has 16 heteroatoms. The molecule has 4 rings (SSSR count). The lowest BCUT2D eigenvalue weighted by molar-refractivity contribution is -0.144. The first kappa shape index (κ1) is 44.7. The monoisotopic (exact) mass is 796 g/mol. The number of esters is 1. The molecule has 5 atom stereocenters. The first-order valence-electron chi connectivity index (χ1n) is 20.3. The van der Waals surface area contributed by atoms with E-state index >= 15 is 0 Å². The quantitative estimate of drug-likeness (QED) is 0.0913. The Bertz CT molecular complexity index is 1640. The normalized spacial score (nSPS) is 19.2. The van der Waals surface area contributed by atoms with Crippen LogP contribution < -0.4 is 21.3 Å². The molecule has 57 heavy (non-hydrogen) atoms. The minimum absolute atomic E-state index is 0.0592. The second-order valence-electron chi connectivity index (χ2n) is 16.0. The summed E-state index contributed by atoms with van der Waals surface area (Å²) in [7, 11) is 1.29. The Hall–Kier alpha value is -5.02. The number of fused-ring (bicyclic) bond motifs is 1. The van der Waals surface area contributed by atoms with Gasteiger partial charge in [0.05, 0.1) is 19.7 Å². The van der Waals surface area contributed by atoms with Crippen LogP contribution in [0.2, 0.25) is 0 Å². The van der Waals surface area contributed by atoms with Crippen LogP contribution in [0.4, 0.5) is 4.79 Å². The summed E-state index contributed by atoms with van der Waals surface area (Å²) in [6.07, 6.45) is 2.44. The lowest BCUT2D eigenvalue weighted by Crippen LogP contribution is -2.59. The van der Waals surface area contributed by atoms with Crippen molar-refractivity contribution in [1.29, 1.82) is 0 Å². The minimum Gasteiger partial charge on any atom is -0.469 e. The predicted molar refractivity (Wildman–Crippen MR) is 208 cm³/mol. The number of unbranched alkanes of at least 4 members (excludes halogenated alkanes) is 1. The molecule has 3 aliphatic rings. The number of methoxy groups -OCH3 is 1. The van der Waals surface area contributed by atoms with Gasteiger partial charge in [-0.2, -0.15) is 0 Å². The second-order valence-corrected chi connectivity index (χ2v) is 16.0. The van der Waals surface area contributed by atoms with Gasteiger partial charge in [-0.05, 0) is 61.5 Å². The summed E-state index contributed by atoms with van der Waals surface area (Å²) >= 11 is 0. The number of ether oxygens (including phenoxy) is 2. The zero-order chi connectivity index (χ0) is 41.8. The highest BCUT2D eigenvalue weighted by Crippen LogP contribution is 2.26. The van der Waals surface area contributed by atoms with Crippen molar-refractivity contribution in [2.75, 3.05) is 20.2 Å². The minimum atomic E-state index is -1.19. The van der Waals surface area contributed by atoms with Gasteiger partial charge in [0.2, 0.25) is 29.4 Å². The van der Waals surface area contributed by atoms with Crippen LogP contribution in [-0.4, -0.2) is 114 Å². The topological polar surface area (TPSA) is 210 Å². The van der Waals surface area contributed by atoms with Crippen molar-refractivity contribution in [3.63, 3.8) is 0 Å². The van der Waals surface area contributed by atoms with Crippen LogP contribution >= 0.6 is 0 Å². The molecule has 2 fully saturated rings. The Kier molecular flexibility index (Phi) is 16.4. The number of carbonyl (C=O) groups is 8. The van der Waals surface area contributed by atoms with E-state index in [1.807, 2.05) is 31.2 Å². The molecule has 0 radical (unpaired) electrons. The van der Waals surface area contributed by atoms with Crippen LogP contribution in [0.1, 0.15) is 104 Å². The average molecular weight is 797 g/mol. The average Bonchev–Trinajstić information content (AvgIpc) is 3.90. The molecule has 314 valence electrons. The van der Waals surface area contributed by atoms with Gasteiger partial charge in [-0.15, -0.1) is 0 Å². The first-order valence-corrected chi connectivity index (χ1v) is 20.3. The fourth-order valence-corrected chi connectivity index (χ4v) is 7.08. The van der Waals surface area contributed by atoms with Gasteiger partial charge >= 0.3 is 12.1 Å². The fourth-order valence-electron chi connectivity index (χ4n) is 7.08. The second kappa shape index (κ2) is 20.9. The molecular formula is C41H60N6O10. The molecule has 0 spiro atoms. The molecule has 2 heterocycles. The molecule has 1 saturated heterocycles. The summed E-state index contributed by atoms with van der Waals surface area (Å²) in [5, 5.41) is 10.9. The number of Topliss-reactive ketones (excluding diaryl/α,β-unsaturated/α-hetero) is 1. The maximum Gasteiger partial charge on any atom is 0.410 e. The largest absolute Gasteiger partial charge is 0.469 e. The van der Waals surface area contributed by atoms with E-state index in [4.69, 9.17) is 4.74 Å². The molecule has 1 aliphatic carbocycles. The lowest BCUT2D eigenvalue weighted by Gasteiger charge is -2.32. The van der Waals surface area contributed by atoms with Gasteiger partial charge in [0, 0.05) is 38.4 Å². The number of amides is 6. The SMILES string of the molecule is CCCC(NC(=O)[C@@H]1CC(OC(=O)N2CCc3ccccc3C2)CN1C(=O)[C@@H](NC(=O)[C@H](NC(=O)CCCCC(=O)OC)C(C)C)C(C)C)C(=O)C(=O)NC1CC1. The Morgan fingerprint density at radius 2 is 1.53 bits per heavy atom. The number of benzene rings is 1. The van der Waals surface area contributed by atoms with Gasteiger partial charge in [-0.1, -0.05) is 65.3 Å². The molecule has 16 nitrogen and oxygen atoms in total. The standard InChI is InChI=1S/C41H60N6O10/c1-7-12-30(36(50)39(53)42-28-17-18-28)43-37(51)31-21-29(57-41(55)46-20-19-26-13-8-9-14-27(26)22-46)23-47(31)40(54)35(25(4)5)45-38(52)34(24(2)3)44-32(48)15-10-11-16-33(49)56-6/h8-9,13-14,24-25,28-31,34-35H,7,10-12,15-23H2,1-6H3,(H,42,53)(H,43,51)(H,44,48)(H,45,52)/t29?,30?,31-,34+,35-/m0/s1. The maximum absolute atomic E-state index is 14.5. The predicted octanol–water partition coefficient (Wildman–Crippen LogP) is 2.30. The molecule has 0 bridgehead atoms. The highest BCUT2D eigenvalue weighted by molar-refractivity contribution is 6.38. The van der Waals surface area contributed by atoms with E-state index in [9.17, 15) is 38.4 Å². The van der Waals surface area contributed by atoms with E-state index in [0.29, 0.717) is 38.8 Å². The third kappa shape index (κ3) is 12.7. The van der Waals surface area contributed by atoms with Crippen LogP contribution in [0, 0.1) is 11.8 Å². The summed E-state index contributed by atoms with van der Waals surface area (Å²) in [6.45, 7) is 9.43. The number of hydrogen-bond donors (Lipinski definition) is 4. The molecule has 1 aromatic carbocycles. The number of carbonyl (C=O) groups excluding carboxylic acids is 8. The molecule has 1 saturated carbocycles. The number of likely N-dealkylation sites (tertiary alicyclic amines) is 1. The van der Waals surface area contributed by atoms with Crippen molar-refractivity contribution in [1.82, 2.24) is 31.1 Å². The van der Waals surface area contributed by atoms with Crippen LogP contribution in [-0.2, 0) is 56.0 Å². The molecule has 1 aromatic rings. The number of nitrogens with zero attached hydrogens (tertiary/aromatic N) is 2. The van der Waals surface area contributed by atoms with Gasteiger partial charge in [-0.25, -0.2) is 4.79 Å². The zero-order valence-electron chi connectivity index (χ0n) is 34.1. The van der Waals surface area contributed by atoms with Gasteiger partial charge in [-0.3, -0.25) is 33.6 Å². The van der Waals surface area contributed by atoms with Crippen LogP contribution in [0.5, 0.6) is 0 Å². The molecule has 0 aromatic heterocycles. The summed E-state index contributed by atoms with van der Waals surface area (Å²) in [5.74, 6) is -5.03. The Morgan fingerprint density at radius 3 is 2.16 bits per heavy atom. The van der Waals surface area contributed by atoms with Crippen LogP contribution in [0.15, 0.2) is 24.3 Å². The summed E-state index contributed by atoms with van der Waals surface area (Å²) in [6, 6.07) is 3.30. The molecule has 6 amide bonds. The third-order valence-electron chi connectivity index (χ3n) is 10.6. The van der Waals surface area contributed by atoms with E-state index in [2.05, 4.69) is 26.0 Å². The Labute approximate surface area is 334 Å². The number of rotatable bonds is 19. The highest BCUT2D eigenvalue weighted by Gasteiger charge is 2.46. The van der Waals surface area contributed by atoms with Crippen LogP contribution in [0.3, 0.4) is 0 Å². The maximum atomic E-state index is 14.5. The summed E-state index contributed by atoms with van der Waals surface area (Å²) in [5.41, 5.74) is 2.15. The fraction of sp³-hybridized carbons (Fsp3) is 0.659. The van der Waals surface area contributed by atoms with E-state index in [-0.39, 0.29) is 56.1 Å². The van der Waals surface area contributed by atoms with E-state index in [0.717, 1.165) is 24.0 Å². The van der Waals surface area contributed by atoms with Crippen molar-refractivity contribution < 1.29 is 47.8 Å². The van der Waals surface area contributed by atoms with Gasteiger partial charge in [0.25, 0.3) is 5.91 Å². The van der Waals surface area contributed by atoms with E-state index in [1.165, 1.54) is 12.0 Å².